The highest BCUT2D eigenvalue weighted by atomic mass is 16.5. The molecule has 0 aliphatic carbocycles. The number of carbonyl (C=O) groups excluding carboxylic acids is 2. The number of aliphatic imine (C=N–C) groups is 2. The molecule has 13 nitrogen and oxygen atoms in total. The first-order valence-corrected chi connectivity index (χ1v) is 13.7. The quantitative estimate of drug-likeness (QED) is 0.275. The fraction of sp³-hybridized carbons (Fsp3) is 0.464. The van der Waals surface area contributed by atoms with Crippen molar-refractivity contribution in [2.75, 3.05) is 19.7 Å². The largest absolute Gasteiger partial charge is 0.492 e. The SMILES string of the molecule is Cc1cccc(C(=O)NC[C@@H]2N=C(N)N3C[C@@H](NC(=O)c4cccc5c4OCCC5(C)C)[C@@H](O)C34NC(N)=NC24)n1. The van der Waals surface area contributed by atoms with Crippen molar-refractivity contribution in [1.29, 1.82) is 0 Å². The van der Waals surface area contributed by atoms with Crippen LogP contribution in [0.15, 0.2) is 46.4 Å². The van der Waals surface area contributed by atoms with Crippen LogP contribution in [0.4, 0.5) is 0 Å². The molecule has 1 fully saturated rings. The van der Waals surface area contributed by atoms with Crippen LogP contribution in [0, 0.1) is 6.92 Å². The van der Waals surface area contributed by atoms with Crippen LogP contribution in [0.1, 0.15) is 52.4 Å². The lowest BCUT2D eigenvalue weighted by Gasteiger charge is -2.46. The lowest BCUT2D eigenvalue weighted by atomic mass is 9.79. The topological polar surface area (TPSA) is 193 Å². The molecule has 5 heterocycles. The highest BCUT2D eigenvalue weighted by Gasteiger charge is 2.65. The first-order valence-electron chi connectivity index (χ1n) is 13.7. The summed E-state index contributed by atoms with van der Waals surface area (Å²) < 4.78 is 5.94. The van der Waals surface area contributed by atoms with Crippen LogP contribution >= 0.6 is 0 Å². The van der Waals surface area contributed by atoms with Crippen LogP contribution in [0.5, 0.6) is 5.75 Å². The maximum absolute atomic E-state index is 13.6. The van der Waals surface area contributed by atoms with Gasteiger partial charge >= 0.3 is 0 Å². The molecule has 4 aliphatic rings. The van der Waals surface area contributed by atoms with Gasteiger partial charge in [0.1, 0.15) is 23.6 Å². The number of nitrogens with zero attached hydrogens (tertiary/aromatic N) is 4. The first-order chi connectivity index (χ1) is 19.5. The Kier molecular flexibility index (Phi) is 6.29. The zero-order valence-corrected chi connectivity index (χ0v) is 23.2. The van der Waals surface area contributed by atoms with E-state index in [0.29, 0.717) is 17.9 Å². The lowest BCUT2D eigenvalue weighted by Crippen LogP contribution is -2.73. The second kappa shape index (κ2) is 9.61. The number of nitrogens with one attached hydrogen (secondary N) is 3. The number of aryl methyl sites for hydroxylation is 1. The summed E-state index contributed by atoms with van der Waals surface area (Å²) >= 11 is 0. The minimum absolute atomic E-state index is 0.0842. The van der Waals surface area contributed by atoms with Crippen molar-refractivity contribution in [2.24, 2.45) is 21.5 Å². The zero-order valence-electron chi connectivity index (χ0n) is 23.2. The van der Waals surface area contributed by atoms with Gasteiger partial charge in [0.25, 0.3) is 11.8 Å². The summed E-state index contributed by atoms with van der Waals surface area (Å²) in [7, 11) is 0. The molecule has 0 bridgehead atoms. The molecular formula is C28H35N9O4. The molecule has 0 radical (unpaired) electrons. The minimum atomic E-state index is -1.25. The number of aliphatic hydroxyl groups excluding tert-OH is 1. The molecule has 1 spiro atoms. The smallest absolute Gasteiger partial charge is 0.269 e. The van der Waals surface area contributed by atoms with E-state index in [4.69, 9.17) is 16.2 Å². The molecule has 41 heavy (non-hydrogen) atoms. The van der Waals surface area contributed by atoms with E-state index in [0.717, 1.165) is 17.7 Å². The summed E-state index contributed by atoms with van der Waals surface area (Å²) in [5.41, 5.74) is 13.5. The Morgan fingerprint density at radius 2 is 1.95 bits per heavy atom. The summed E-state index contributed by atoms with van der Waals surface area (Å²) in [5, 5.41) is 20.7. The lowest BCUT2D eigenvalue weighted by molar-refractivity contribution is 0.0143. The fourth-order valence-corrected chi connectivity index (χ4v) is 6.35. The monoisotopic (exact) mass is 561 g/mol. The van der Waals surface area contributed by atoms with E-state index in [-0.39, 0.29) is 47.9 Å². The van der Waals surface area contributed by atoms with Gasteiger partial charge in [-0.2, -0.15) is 0 Å². The minimum Gasteiger partial charge on any atom is -0.492 e. The van der Waals surface area contributed by atoms with Crippen LogP contribution in [0.25, 0.3) is 0 Å². The molecule has 5 atom stereocenters. The van der Waals surface area contributed by atoms with Crippen molar-refractivity contribution in [3.8, 4) is 5.75 Å². The van der Waals surface area contributed by atoms with E-state index in [2.05, 4.69) is 44.8 Å². The number of aromatic nitrogens is 1. The van der Waals surface area contributed by atoms with E-state index in [1.54, 1.807) is 36.1 Å². The molecule has 13 heteroatoms. The number of rotatable bonds is 5. The van der Waals surface area contributed by atoms with Crippen molar-refractivity contribution in [3.05, 3.63) is 58.9 Å². The Bertz CT molecular complexity index is 1470. The van der Waals surface area contributed by atoms with E-state index in [1.807, 2.05) is 12.1 Å². The number of nitrogens with two attached hydrogens (primary N) is 2. The molecule has 8 N–H and O–H groups in total. The van der Waals surface area contributed by atoms with Crippen molar-refractivity contribution >= 4 is 23.7 Å². The molecule has 1 aromatic heterocycles. The molecule has 1 saturated heterocycles. The first kappa shape index (κ1) is 26.8. The number of ether oxygens (including phenoxy) is 1. The predicted octanol–water partition coefficient (Wildman–Crippen LogP) is -0.665. The third-order valence-corrected chi connectivity index (χ3v) is 8.53. The number of carbonyl (C=O) groups is 2. The third kappa shape index (κ3) is 4.31. The number of pyridine rings is 1. The number of benzene rings is 1. The van der Waals surface area contributed by atoms with Gasteiger partial charge in [0.05, 0.1) is 24.3 Å². The normalized spacial score (nSPS) is 29.1. The van der Waals surface area contributed by atoms with Gasteiger partial charge in [0, 0.05) is 24.3 Å². The van der Waals surface area contributed by atoms with Crippen molar-refractivity contribution in [1.82, 2.24) is 25.8 Å². The number of hydrogen-bond donors (Lipinski definition) is 6. The molecule has 0 saturated carbocycles. The molecule has 4 aliphatic heterocycles. The standard InChI is InChI=1S/C28H35N9O4/c1-14-6-4-9-17(32-14)24(40)31-12-18-21-28(36-25(29)35-21)22(38)19(13-37(28)26(30)34-18)33-23(39)15-7-5-8-16-20(15)41-11-10-27(16,2)3/h4-9,18-19,21-22,38H,10-13H2,1-3H3,(H2,30,34)(H,31,40)(H,33,39)(H3,29,35,36)/t18-,19+,21?,22+,28?/m0/s1. The van der Waals surface area contributed by atoms with Gasteiger partial charge in [-0.3, -0.25) is 9.59 Å². The summed E-state index contributed by atoms with van der Waals surface area (Å²) in [6, 6.07) is 8.68. The second-order valence-electron chi connectivity index (χ2n) is 11.6. The number of guanidine groups is 2. The number of amides is 2. The van der Waals surface area contributed by atoms with Crippen LogP contribution < -0.4 is 32.2 Å². The highest BCUT2D eigenvalue weighted by Crippen LogP contribution is 2.42. The third-order valence-electron chi connectivity index (χ3n) is 8.53. The van der Waals surface area contributed by atoms with Crippen LogP contribution in [-0.2, 0) is 5.41 Å². The number of aliphatic hydroxyl groups is 1. The fourth-order valence-electron chi connectivity index (χ4n) is 6.35. The molecule has 6 rings (SSSR count). The van der Waals surface area contributed by atoms with Gasteiger partial charge in [-0.15, -0.1) is 0 Å². The van der Waals surface area contributed by atoms with E-state index in [1.165, 1.54) is 0 Å². The van der Waals surface area contributed by atoms with E-state index >= 15 is 0 Å². The number of fused-ring (bicyclic) bond motifs is 1. The Labute approximate surface area is 237 Å². The van der Waals surface area contributed by atoms with Crippen LogP contribution in [0.2, 0.25) is 0 Å². The molecule has 216 valence electrons. The van der Waals surface area contributed by atoms with Crippen molar-refractivity contribution in [3.63, 3.8) is 0 Å². The Hall–Kier alpha value is -4.39. The predicted molar refractivity (Wildman–Crippen MR) is 152 cm³/mol. The van der Waals surface area contributed by atoms with E-state index < -0.39 is 29.9 Å². The van der Waals surface area contributed by atoms with Crippen LogP contribution in [-0.4, -0.2) is 88.3 Å². The summed E-state index contributed by atoms with van der Waals surface area (Å²) in [4.78, 5) is 41.4. The Morgan fingerprint density at radius 3 is 2.73 bits per heavy atom. The molecular weight excluding hydrogens is 526 g/mol. The summed E-state index contributed by atoms with van der Waals surface area (Å²) in [6.07, 6.45) is -0.316. The molecule has 2 aromatic rings. The Balaban J connectivity index is 1.23. The van der Waals surface area contributed by atoms with E-state index in [9.17, 15) is 14.7 Å². The van der Waals surface area contributed by atoms with Crippen molar-refractivity contribution < 1.29 is 19.4 Å². The summed E-state index contributed by atoms with van der Waals surface area (Å²) in [6.45, 7) is 6.83. The average molecular weight is 562 g/mol. The van der Waals surface area contributed by atoms with Crippen molar-refractivity contribution in [2.45, 2.75) is 62.5 Å². The maximum Gasteiger partial charge on any atom is 0.269 e. The number of para-hydroxylation sites is 1. The van der Waals surface area contributed by atoms with Gasteiger partial charge in [0.2, 0.25) is 0 Å². The maximum atomic E-state index is 13.6. The molecule has 1 aromatic carbocycles. The second-order valence-corrected chi connectivity index (χ2v) is 11.6. The molecule has 2 amide bonds. The van der Waals surface area contributed by atoms with Gasteiger partial charge in [-0.25, -0.2) is 15.0 Å². The Morgan fingerprint density at radius 1 is 1.17 bits per heavy atom. The van der Waals surface area contributed by atoms with Gasteiger partial charge < -0.3 is 42.2 Å². The zero-order chi connectivity index (χ0) is 29.1. The highest BCUT2D eigenvalue weighted by molar-refractivity contribution is 5.98. The van der Waals surface area contributed by atoms with Gasteiger partial charge in [0.15, 0.2) is 17.6 Å². The average Bonchev–Trinajstić information content (AvgIpc) is 3.43. The van der Waals surface area contributed by atoms with Crippen LogP contribution in [0.3, 0.4) is 0 Å². The molecule has 2 unspecified atom stereocenters. The summed E-state index contributed by atoms with van der Waals surface area (Å²) in [5.74, 6) is 0.0859. The van der Waals surface area contributed by atoms with Gasteiger partial charge in [-0.05, 0) is 37.0 Å². The van der Waals surface area contributed by atoms with Gasteiger partial charge in [-0.1, -0.05) is 32.0 Å². The number of hydrogen-bond acceptors (Lipinski definition) is 11.